The molecule has 1 rings (SSSR count). The van der Waals surface area contributed by atoms with Crippen LogP contribution in [-0.2, 0) is 6.54 Å². The molecule has 0 amide bonds. The third-order valence-electron chi connectivity index (χ3n) is 8.26. The zero-order chi connectivity index (χ0) is 25.5. The summed E-state index contributed by atoms with van der Waals surface area (Å²) in [4.78, 5) is 0. The fourth-order valence-electron chi connectivity index (χ4n) is 5.52. The molecule has 0 aliphatic heterocycles. The Morgan fingerprint density at radius 2 is 0.829 bits per heavy atom. The van der Waals surface area contributed by atoms with Crippen LogP contribution >= 0.6 is 11.6 Å². The van der Waals surface area contributed by atoms with E-state index in [1.807, 2.05) is 12.1 Å². The summed E-state index contributed by atoms with van der Waals surface area (Å²) in [6.07, 6.45) is 29.0. The Balaban J connectivity index is 1.90. The first-order valence-corrected chi connectivity index (χ1v) is 16.1. The number of unbranched alkanes of at least 4 members (excludes halogenated alkanes) is 19. The van der Waals surface area contributed by atoms with Gasteiger partial charge in [-0.15, -0.1) is 0 Å². The van der Waals surface area contributed by atoms with Crippen LogP contribution in [0.3, 0.4) is 0 Å². The molecule has 0 saturated heterocycles. The molecule has 1 nitrogen and oxygen atoms in total. The van der Waals surface area contributed by atoms with Gasteiger partial charge in [0.25, 0.3) is 0 Å². The van der Waals surface area contributed by atoms with Crippen LogP contribution in [0.25, 0.3) is 0 Å². The van der Waals surface area contributed by atoms with Gasteiger partial charge in [0.15, 0.2) is 0 Å². The minimum Gasteiger partial charge on any atom is -0.320 e. The second kappa shape index (κ2) is 22.7. The Labute approximate surface area is 226 Å². The third-order valence-corrected chi connectivity index (χ3v) is 8.51. The Kier molecular flexibility index (Phi) is 21.0. The van der Waals surface area contributed by atoms with Crippen LogP contribution < -0.4 is 0 Å². The zero-order valence-electron chi connectivity index (χ0n) is 24.1. The summed E-state index contributed by atoms with van der Waals surface area (Å²) < 4.78 is 1.21. The lowest BCUT2D eigenvalue weighted by Crippen LogP contribution is -2.47. The molecule has 0 aromatic heterocycles. The summed E-state index contributed by atoms with van der Waals surface area (Å²) in [5.41, 5.74) is 1.42. The van der Waals surface area contributed by atoms with Gasteiger partial charge >= 0.3 is 0 Å². The molecular formula is C33H61ClN+. The van der Waals surface area contributed by atoms with Crippen LogP contribution in [0, 0.1) is 0 Å². The molecule has 35 heavy (non-hydrogen) atoms. The number of hydrogen-bond acceptors (Lipinski definition) is 0. The van der Waals surface area contributed by atoms with Gasteiger partial charge < -0.3 is 4.48 Å². The lowest BCUT2D eigenvalue weighted by molar-refractivity contribution is -0.938. The average molecular weight is 507 g/mol. The maximum Gasteiger partial charge on any atom is 0.104 e. The average Bonchev–Trinajstić information content (AvgIpc) is 2.88. The van der Waals surface area contributed by atoms with Crippen molar-refractivity contribution < 1.29 is 4.48 Å². The molecule has 1 aromatic rings. The number of hydrogen-bond donors (Lipinski definition) is 0. The Morgan fingerprint density at radius 1 is 0.486 bits per heavy atom. The van der Waals surface area contributed by atoms with Gasteiger partial charge in [0.2, 0.25) is 0 Å². The summed E-state index contributed by atoms with van der Waals surface area (Å²) in [6, 6.07) is 8.49. The quantitative estimate of drug-likeness (QED) is 0.0912. The first-order valence-electron chi connectivity index (χ1n) is 15.8. The molecule has 0 spiro atoms. The van der Waals surface area contributed by atoms with Gasteiger partial charge in [-0.1, -0.05) is 146 Å². The fourth-order valence-corrected chi connectivity index (χ4v) is 5.65. The summed E-state index contributed by atoms with van der Waals surface area (Å²) in [7, 11) is 0. The molecule has 0 aliphatic carbocycles. The van der Waals surface area contributed by atoms with E-state index in [0.717, 1.165) is 11.6 Å². The maximum atomic E-state index is 6.07. The van der Waals surface area contributed by atoms with Crippen molar-refractivity contribution in [3.8, 4) is 0 Å². The Hall–Kier alpha value is -0.530. The van der Waals surface area contributed by atoms with E-state index in [2.05, 4.69) is 32.9 Å². The van der Waals surface area contributed by atoms with E-state index in [4.69, 9.17) is 11.6 Å². The van der Waals surface area contributed by atoms with Crippen molar-refractivity contribution >= 4 is 11.6 Å². The maximum absolute atomic E-state index is 6.07. The van der Waals surface area contributed by atoms with Crippen molar-refractivity contribution in [1.29, 1.82) is 0 Å². The molecule has 0 bridgehead atoms. The van der Waals surface area contributed by atoms with E-state index in [1.165, 1.54) is 158 Å². The van der Waals surface area contributed by atoms with Gasteiger partial charge in [-0.2, -0.15) is 0 Å². The van der Waals surface area contributed by atoms with Crippen LogP contribution in [0.4, 0.5) is 0 Å². The fraction of sp³-hybridized carbons (Fsp3) is 0.818. The second-order valence-corrected chi connectivity index (χ2v) is 11.6. The molecule has 0 aliphatic rings. The minimum absolute atomic E-state index is 0.842. The van der Waals surface area contributed by atoms with Gasteiger partial charge in [-0.25, -0.2) is 0 Å². The van der Waals surface area contributed by atoms with Gasteiger partial charge in [-0.3, -0.25) is 0 Å². The van der Waals surface area contributed by atoms with Crippen molar-refractivity contribution in [2.75, 3.05) is 19.6 Å². The molecule has 0 atom stereocenters. The van der Waals surface area contributed by atoms with Crippen molar-refractivity contribution in [2.45, 2.75) is 156 Å². The van der Waals surface area contributed by atoms with E-state index in [1.54, 1.807) is 0 Å². The molecule has 0 N–H and O–H groups in total. The van der Waals surface area contributed by atoms with Crippen LogP contribution in [0.15, 0.2) is 24.3 Å². The summed E-state index contributed by atoms with van der Waals surface area (Å²) >= 11 is 6.07. The topological polar surface area (TPSA) is 0 Å². The van der Waals surface area contributed by atoms with Crippen LogP contribution in [-0.4, -0.2) is 24.1 Å². The van der Waals surface area contributed by atoms with E-state index >= 15 is 0 Å². The molecule has 0 unspecified atom stereocenters. The number of halogens is 1. The number of quaternary nitrogens is 1. The second-order valence-electron chi connectivity index (χ2n) is 11.2. The van der Waals surface area contributed by atoms with Gasteiger partial charge in [0.05, 0.1) is 19.6 Å². The Bertz CT molecular complexity index is 563. The monoisotopic (exact) mass is 506 g/mol. The van der Waals surface area contributed by atoms with Crippen molar-refractivity contribution in [2.24, 2.45) is 0 Å². The molecule has 204 valence electrons. The molecular weight excluding hydrogens is 446 g/mol. The molecule has 0 fully saturated rings. The SMILES string of the molecule is CCCCCCCCCCCCCCCCCCCCCC[N+](CC)(CC)Cc1ccc(Cl)cc1. The van der Waals surface area contributed by atoms with Crippen molar-refractivity contribution in [1.82, 2.24) is 0 Å². The van der Waals surface area contributed by atoms with Crippen molar-refractivity contribution in [3.63, 3.8) is 0 Å². The largest absolute Gasteiger partial charge is 0.320 e. The molecule has 0 heterocycles. The predicted molar refractivity (Wildman–Crippen MR) is 159 cm³/mol. The summed E-state index contributed by atoms with van der Waals surface area (Å²) in [5, 5.41) is 0.842. The van der Waals surface area contributed by atoms with Crippen molar-refractivity contribution in [3.05, 3.63) is 34.9 Å². The molecule has 2 heteroatoms. The predicted octanol–water partition coefficient (Wildman–Crippen LogP) is 11.5. The third kappa shape index (κ3) is 17.5. The van der Waals surface area contributed by atoms with E-state index in [0.29, 0.717) is 0 Å². The summed E-state index contributed by atoms with van der Waals surface area (Å²) in [6.45, 7) is 11.9. The van der Waals surface area contributed by atoms with Crippen LogP contribution in [0.5, 0.6) is 0 Å². The van der Waals surface area contributed by atoms with E-state index in [9.17, 15) is 0 Å². The highest BCUT2D eigenvalue weighted by atomic mass is 35.5. The van der Waals surface area contributed by atoms with Gasteiger partial charge in [0.1, 0.15) is 6.54 Å². The Morgan fingerprint density at radius 3 is 1.17 bits per heavy atom. The molecule has 0 saturated carbocycles. The minimum atomic E-state index is 0.842. The number of nitrogens with zero attached hydrogens (tertiary/aromatic N) is 1. The summed E-state index contributed by atoms with van der Waals surface area (Å²) in [5.74, 6) is 0. The van der Waals surface area contributed by atoms with Crippen LogP contribution in [0.2, 0.25) is 5.02 Å². The number of rotatable bonds is 25. The normalized spacial score (nSPS) is 11.9. The highest BCUT2D eigenvalue weighted by Gasteiger charge is 2.23. The van der Waals surface area contributed by atoms with E-state index in [-0.39, 0.29) is 0 Å². The molecule has 0 radical (unpaired) electrons. The van der Waals surface area contributed by atoms with Crippen LogP contribution in [0.1, 0.15) is 155 Å². The standard InChI is InChI=1S/C33H61ClN/c1-4-7-8-9-10-11-12-13-14-15-16-17-18-19-20-21-22-23-24-25-30-35(5-2,6-3)31-32-26-28-33(34)29-27-32/h26-29H,4-25,30-31H2,1-3H3/q+1. The lowest BCUT2D eigenvalue weighted by atomic mass is 10.0. The highest BCUT2D eigenvalue weighted by molar-refractivity contribution is 6.30. The first-order chi connectivity index (χ1) is 17.2. The molecule has 1 aromatic carbocycles. The van der Waals surface area contributed by atoms with Gasteiger partial charge in [-0.05, 0) is 38.8 Å². The van der Waals surface area contributed by atoms with Gasteiger partial charge in [0, 0.05) is 10.6 Å². The highest BCUT2D eigenvalue weighted by Crippen LogP contribution is 2.19. The smallest absolute Gasteiger partial charge is 0.104 e. The first kappa shape index (κ1) is 32.5. The lowest BCUT2D eigenvalue weighted by Gasteiger charge is -2.37. The zero-order valence-corrected chi connectivity index (χ0v) is 24.9. The van der Waals surface area contributed by atoms with E-state index < -0.39 is 0 Å². The number of benzene rings is 1.